The summed E-state index contributed by atoms with van der Waals surface area (Å²) < 4.78 is 5.49. The summed E-state index contributed by atoms with van der Waals surface area (Å²) >= 11 is 7.62. The summed E-state index contributed by atoms with van der Waals surface area (Å²) in [6, 6.07) is 22.2. The number of benzene rings is 3. The van der Waals surface area contributed by atoms with E-state index in [1.165, 1.54) is 0 Å². The minimum Gasteiger partial charge on any atom is -0.484 e. The van der Waals surface area contributed by atoms with Gasteiger partial charge in [0.25, 0.3) is 11.8 Å². The summed E-state index contributed by atoms with van der Waals surface area (Å²) in [6.45, 7) is 5.68. The van der Waals surface area contributed by atoms with Crippen LogP contribution in [0.5, 0.6) is 5.75 Å². The minimum absolute atomic E-state index is 0.0562. The van der Waals surface area contributed by atoms with Crippen molar-refractivity contribution in [3.8, 4) is 5.75 Å². The smallest absolute Gasteiger partial charge is 0.271 e. The van der Waals surface area contributed by atoms with Crippen LogP contribution in [0.15, 0.2) is 82.8 Å². The van der Waals surface area contributed by atoms with Crippen LogP contribution in [0.4, 0.5) is 0 Å². The molecule has 2 amide bonds. The lowest BCUT2D eigenvalue weighted by atomic mass is 10.1. The van der Waals surface area contributed by atoms with Crippen molar-refractivity contribution in [3.63, 3.8) is 0 Å². The number of carbonyl (C=O) groups excluding carboxylic acids is 2. The van der Waals surface area contributed by atoms with Crippen LogP contribution in [-0.4, -0.2) is 30.2 Å². The Hall–Kier alpha value is -3.29. The highest BCUT2D eigenvalue weighted by Crippen LogP contribution is 2.24. The maximum atomic E-state index is 12.4. The van der Waals surface area contributed by atoms with Gasteiger partial charge in [0.1, 0.15) is 5.75 Å². The van der Waals surface area contributed by atoms with Gasteiger partial charge >= 0.3 is 0 Å². The lowest BCUT2D eigenvalue weighted by Gasteiger charge is -2.20. The average Bonchev–Trinajstić information content (AvgIpc) is 2.82. The van der Waals surface area contributed by atoms with Gasteiger partial charge in [-0.15, -0.1) is 11.8 Å². The maximum Gasteiger partial charge on any atom is 0.271 e. The van der Waals surface area contributed by atoms with E-state index in [9.17, 15) is 9.59 Å². The van der Waals surface area contributed by atoms with E-state index in [0.717, 1.165) is 26.8 Å². The number of halogens is 1. The van der Waals surface area contributed by atoms with Gasteiger partial charge in [-0.05, 0) is 92.6 Å². The second kappa shape index (κ2) is 12.4. The van der Waals surface area contributed by atoms with Crippen molar-refractivity contribution in [3.05, 3.63) is 94.5 Å². The molecular formula is C27H28ClN3O3S. The van der Waals surface area contributed by atoms with Crippen molar-refractivity contribution in [2.75, 3.05) is 6.61 Å². The molecule has 0 aliphatic rings. The Labute approximate surface area is 215 Å². The standard InChI is InChI=1S/C27H28ClN3O3S/c1-27(2,3)30-25(32)17-34-23-12-6-19(7-13-23)16-29-31-26(33)21-8-4-20(5-9-21)18-35-24-14-10-22(28)11-15-24/h4-16H,17-18H2,1-3H3,(H,30,32)(H,31,33)/b29-16-. The number of hydrogen-bond donors (Lipinski definition) is 2. The molecule has 35 heavy (non-hydrogen) atoms. The largest absolute Gasteiger partial charge is 0.484 e. The molecule has 3 rings (SSSR count). The van der Waals surface area contributed by atoms with Gasteiger partial charge in [-0.3, -0.25) is 9.59 Å². The molecule has 0 radical (unpaired) electrons. The van der Waals surface area contributed by atoms with Gasteiger partial charge in [0.15, 0.2) is 6.61 Å². The van der Waals surface area contributed by atoms with Gasteiger partial charge in [-0.25, -0.2) is 5.43 Å². The first-order chi connectivity index (χ1) is 16.7. The fourth-order valence-electron chi connectivity index (χ4n) is 2.93. The number of carbonyl (C=O) groups is 2. The summed E-state index contributed by atoms with van der Waals surface area (Å²) in [7, 11) is 0. The Kier molecular flexibility index (Phi) is 9.34. The third-order valence-corrected chi connectivity index (χ3v) is 5.91. The molecule has 0 atom stereocenters. The molecule has 2 N–H and O–H groups in total. The van der Waals surface area contributed by atoms with Gasteiger partial charge in [-0.1, -0.05) is 23.7 Å². The number of amides is 2. The Morgan fingerprint density at radius 3 is 2.26 bits per heavy atom. The predicted molar refractivity (Wildman–Crippen MR) is 142 cm³/mol. The molecule has 0 aliphatic heterocycles. The molecule has 8 heteroatoms. The van der Waals surface area contributed by atoms with Crippen LogP contribution in [0, 0.1) is 0 Å². The molecule has 0 aliphatic carbocycles. The van der Waals surface area contributed by atoms with Crippen LogP contribution in [0.1, 0.15) is 42.3 Å². The number of thioether (sulfide) groups is 1. The van der Waals surface area contributed by atoms with Gasteiger partial charge in [0.05, 0.1) is 6.21 Å². The summed E-state index contributed by atoms with van der Waals surface area (Å²) in [5, 5.41) is 7.58. The SMILES string of the molecule is CC(C)(C)NC(=O)COc1ccc(/C=N\NC(=O)c2ccc(CSc3ccc(Cl)cc3)cc2)cc1. The van der Waals surface area contributed by atoms with E-state index >= 15 is 0 Å². The summed E-state index contributed by atoms with van der Waals surface area (Å²) in [4.78, 5) is 25.3. The van der Waals surface area contributed by atoms with Gasteiger partial charge in [0, 0.05) is 26.8 Å². The Bertz CT molecular complexity index is 1160. The van der Waals surface area contributed by atoms with Crippen LogP contribution < -0.4 is 15.5 Å². The fourth-order valence-corrected chi connectivity index (χ4v) is 3.91. The molecule has 0 fully saturated rings. The molecule has 0 heterocycles. The lowest BCUT2D eigenvalue weighted by Crippen LogP contribution is -2.43. The van der Waals surface area contributed by atoms with Crippen LogP contribution >= 0.6 is 23.4 Å². The first-order valence-electron chi connectivity index (χ1n) is 11.0. The predicted octanol–water partition coefficient (Wildman–Crippen LogP) is 5.69. The number of nitrogens with zero attached hydrogens (tertiary/aromatic N) is 1. The van der Waals surface area contributed by atoms with E-state index in [2.05, 4.69) is 15.8 Å². The molecule has 0 aromatic heterocycles. The number of rotatable bonds is 9. The Morgan fingerprint density at radius 2 is 1.63 bits per heavy atom. The van der Waals surface area contributed by atoms with Crippen molar-refractivity contribution in [2.45, 2.75) is 37.0 Å². The number of ether oxygens (including phenoxy) is 1. The first-order valence-corrected chi connectivity index (χ1v) is 12.4. The van der Waals surface area contributed by atoms with E-state index < -0.39 is 0 Å². The highest BCUT2D eigenvalue weighted by molar-refractivity contribution is 7.98. The van der Waals surface area contributed by atoms with Gasteiger partial charge in [0.2, 0.25) is 0 Å². The zero-order valence-corrected chi connectivity index (χ0v) is 21.5. The third-order valence-electron chi connectivity index (χ3n) is 4.58. The van der Waals surface area contributed by atoms with Crippen LogP contribution in [0.2, 0.25) is 5.02 Å². The first kappa shape index (κ1) is 26.3. The van der Waals surface area contributed by atoms with Crippen LogP contribution in [-0.2, 0) is 10.5 Å². The summed E-state index contributed by atoms with van der Waals surface area (Å²) in [5.41, 5.74) is 4.66. The van der Waals surface area contributed by atoms with Gasteiger partial charge in [-0.2, -0.15) is 5.10 Å². The number of hydrogen-bond acceptors (Lipinski definition) is 5. The zero-order valence-electron chi connectivity index (χ0n) is 19.9. The topological polar surface area (TPSA) is 79.8 Å². The maximum absolute atomic E-state index is 12.4. The quantitative estimate of drug-likeness (QED) is 0.220. The van der Waals surface area contributed by atoms with Crippen molar-refractivity contribution in [1.82, 2.24) is 10.7 Å². The van der Waals surface area contributed by atoms with Crippen molar-refractivity contribution >= 4 is 41.4 Å². The van der Waals surface area contributed by atoms with Gasteiger partial charge < -0.3 is 10.1 Å². The van der Waals surface area contributed by atoms with Crippen molar-refractivity contribution in [1.29, 1.82) is 0 Å². The van der Waals surface area contributed by atoms with E-state index in [1.54, 1.807) is 54.4 Å². The Morgan fingerprint density at radius 1 is 0.971 bits per heavy atom. The van der Waals surface area contributed by atoms with E-state index in [0.29, 0.717) is 11.3 Å². The highest BCUT2D eigenvalue weighted by Gasteiger charge is 2.13. The molecule has 0 spiro atoms. The normalized spacial score (nSPS) is 11.3. The molecule has 0 saturated carbocycles. The number of hydrazone groups is 1. The lowest BCUT2D eigenvalue weighted by molar-refractivity contribution is -0.124. The van der Waals surface area contributed by atoms with Crippen molar-refractivity contribution in [2.24, 2.45) is 5.10 Å². The monoisotopic (exact) mass is 509 g/mol. The minimum atomic E-state index is -0.301. The molecule has 6 nitrogen and oxygen atoms in total. The average molecular weight is 510 g/mol. The van der Waals surface area contributed by atoms with E-state index in [1.807, 2.05) is 57.2 Å². The Balaban J connectivity index is 1.43. The molecule has 0 bridgehead atoms. The molecule has 182 valence electrons. The van der Waals surface area contributed by atoms with Crippen molar-refractivity contribution < 1.29 is 14.3 Å². The van der Waals surface area contributed by atoms with Crippen LogP contribution in [0.3, 0.4) is 0 Å². The van der Waals surface area contributed by atoms with Crippen LogP contribution in [0.25, 0.3) is 0 Å². The molecule has 3 aromatic rings. The molecule has 3 aromatic carbocycles. The molecule has 0 saturated heterocycles. The number of nitrogens with one attached hydrogen (secondary N) is 2. The van der Waals surface area contributed by atoms with E-state index in [-0.39, 0.29) is 24.0 Å². The molecule has 0 unspecified atom stereocenters. The summed E-state index contributed by atoms with van der Waals surface area (Å²) in [5.74, 6) is 0.898. The third kappa shape index (κ3) is 9.47. The fraction of sp³-hybridized carbons (Fsp3) is 0.222. The second-order valence-corrected chi connectivity index (χ2v) is 10.3. The highest BCUT2D eigenvalue weighted by atomic mass is 35.5. The second-order valence-electron chi connectivity index (χ2n) is 8.79. The zero-order chi connectivity index (χ0) is 25.3. The molecular weight excluding hydrogens is 482 g/mol. The van der Waals surface area contributed by atoms with E-state index in [4.69, 9.17) is 16.3 Å². The summed E-state index contributed by atoms with van der Waals surface area (Å²) in [6.07, 6.45) is 1.55.